The summed E-state index contributed by atoms with van der Waals surface area (Å²) < 4.78 is 0. The molecule has 2 heterocycles. The smallest absolute Gasteiger partial charge is 0.229 e. The average Bonchev–Trinajstić information content (AvgIpc) is 3.12. The SMILES string of the molecule is C.O=C(Nc1ccc2cnccc2c1)[C@@H]1CNC[C@H]1c1ccccc1. The molecule has 1 amide bonds. The van der Waals surface area contributed by atoms with Crippen LogP contribution in [0.25, 0.3) is 10.8 Å². The number of carbonyl (C=O) groups excluding carboxylic acids is 1. The molecule has 2 N–H and O–H groups in total. The maximum Gasteiger partial charge on any atom is 0.229 e. The standard InChI is InChI=1S/C20H19N3O.CH4/c24-20(19-13-22-12-18(19)14-4-2-1-3-5-14)23-17-7-6-16-11-21-9-8-15(16)10-17;/h1-11,18-19,22H,12-13H2,(H,23,24);1H4/t18-,19+;/m0./s1. The molecule has 3 aromatic rings. The molecule has 1 aromatic heterocycles. The van der Waals surface area contributed by atoms with E-state index in [-0.39, 0.29) is 25.2 Å². The van der Waals surface area contributed by atoms with E-state index in [0.29, 0.717) is 6.54 Å². The Bertz CT molecular complexity index is 863. The van der Waals surface area contributed by atoms with Gasteiger partial charge in [-0.1, -0.05) is 43.8 Å². The summed E-state index contributed by atoms with van der Waals surface area (Å²) in [5, 5.41) is 8.57. The lowest BCUT2D eigenvalue weighted by molar-refractivity contribution is -0.119. The zero-order valence-corrected chi connectivity index (χ0v) is 13.3. The maximum absolute atomic E-state index is 12.8. The van der Waals surface area contributed by atoms with E-state index in [4.69, 9.17) is 0 Å². The Morgan fingerprint density at radius 3 is 2.72 bits per heavy atom. The Morgan fingerprint density at radius 2 is 1.88 bits per heavy atom. The summed E-state index contributed by atoms with van der Waals surface area (Å²) in [6.45, 7) is 1.55. The second kappa shape index (κ2) is 7.45. The molecule has 2 atom stereocenters. The third kappa shape index (κ3) is 3.54. The molecule has 1 fully saturated rings. The third-order valence-corrected chi connectivity index (χ3v) is 4.69. The summed E-state index contributed by atoms with van der Waals surface area (Å²) in [7, 11) is 0. The third-order valence-electron chi connectivity index (χ3n) is 4.69. The summed E-state index contributed by atoms with van der Waals surface area (Å²) in [5.41, 5.74) is 2.05. The average molecular weight is 333 g/mol. The van der Waals surface area contributed by atoms with Gasteiger partial charge in [-0.05, 0) is 29.1 Å². The van der Waals surface area contributed by atoms with Gasteiger partial charge in [-0.25, -0.2) is 0 Å². The molecule has 1 saturated heterocycles. The van der Waals surface area contributed by atoms with E-state index in [1.165, 1.54) is 5.56 Å². The van der Waals surface area contributed by atoms with Crippen molar-refractivity contribution in [2.24, 2.45) is 5.92 Å². The van der Waals surface area contributed by atoms with Gasteiger partial charge in [0.2, 0.25) is 5.91 Å². The van der Waals surface area contributed by atoms with Crippen LogP contribution in [0.15, 0.2) is 67.0 Å². The predicted octanol–water partition coefficient (Wildman–Crippen LogP) is 3.81. The Hall–Kier alpha value is -2.72. The molecule has 0 aliphatic carbocycles. The molecule has 4 rings (SSSR count). The molecule has 2 aromatic carbocycles. The molecule has 1 aliphatic heterocycles. The van der Waals surface area contributed by atoms with E-state index in [0.717, 1.165) is 23.0 Å². The van der Waals surface area contributed by atoms with Crippen LogP contribution in [0.2, 0.25) is 0 Å². The van der Waals surface area contributed by atoms with Crippen LogP contribution in [-0.2, 0) is 4.79 Å². The zero-order valence-electron chi connectivity index (χ0n) is 13.3. The number of benzene rings is 2. The Morgan fingerprint density at radius 1 is 1.04 bits per heavy atom. The largest absolute Gasteiger partial charge is 0.326 e. The molecule has 4 heteroatoms. The molecule has 128 valence electrons. The van der Waals surface area contributed by atoms with Crippen LogP contribution in [0, 0.1) is 5.92 Å². The molecule has 0 unspecified atom stereocenters. The van der Waals surface area contributed by atoms with Gasteiger partial charge in [0.1, 0.15) is 0 Å². The fourth-order valence-electron chi connectivity index (χ4n) is 3.40. The van der Waals surface area contributed by atoms with E-state index in [1.54, 1.807) is 6.20 Å². The molecule has 4 nitrogen and oxygen atoms in total. The number of nitrogens with one attached hydrogen (secondary N) is 2. The van der Waals surface area contributed by atoms with Gasteiger partial charge in [0, 0.05) is 42.5 Å². The Labute approximate surface area is 148 Å². The molecule has 0 spiro atoms. The van der Waals surface area contributed by atoms with Gasteiger partial charge in [-0.2, -0.15) is 0 Å². The Balaban J connectivity index is 0.00000182. The number of anilines is 1. The number of amides is 1. The van der Waals surface area contributed by atoms with Crippen molar-refractivity contribution in [3.63, 3.8) is 0 Å². The first-order valence-corrected chi connectivity index (χ1v) is 8.21. The summed E-state index contributed by atoms with van der Waals surface area (Å²) in [4.78, 5) is 16.9. The van der Waals surface area contributed by atoms with Crippen molar-refractivity contribution in [1.29, 1.82) is 0 Å². The van der Waals surface area contributed by atoms with Crippen LogP contribution in [0.4, 0.5) is 5.69 Å². The van der Waals surface area contributed by atoms with Gasteiger partial charge in [0.15, 0.2) is 0 Å². The van der Waals surface area contributed by atoms with Gasteiger partial charge in [-0.15, -0.1) is 0 Å². The first-order valence-electron chi connectivity index (χ1n) is 8.21. The molecule has 1 aliphatic rings. The molecule has 0 bridgehead atoms. The first-order chi connectivity index (χ1) is 11.8. The highest BCUT2D eigenvalue weighted by Gasteiger charge is 2.33. The highest BCUT2D eigenvalue weighted by molar-refractivity contribution is 5.96. The zero-order chi connectivity index (χ0) is 16.4. The van der Waals surface area contributed by atoms with Crippen LogP contribution in [0.1, 0.15) is 18.9 Å². The van der Waals surface area contributed by atoms with Crippen molar-refractivity contribution in [2.75, 3.05) is 18.4 Å². The highest BCUT2D eigenvalue weighted by atomic mass is 16.1. The number of nitrogens with zero attached hydrogens (tertiary/aromatic N) is 1. The van der Waals surface area contributed by atoms with Crippen LogP contribution in [0.3, 0.4) is 0 Å². The maximum atomic E-state index is 12.8. The normalized spacial score (nSPS) is 19.4. The van der Waals surface area contributed by atoms with Crippen LogP contribution >= 0.6 is 0 Å². The van der Waals surface area contributed by atoms with E-state index < -0.39 is 0 Å². The first kappa shape index (κ1) is 17.1. The van der Waals surface area contributed by atoms with Crippen molar-refractivity contribution in [2.45, 2.75) is 13.3 Å². The summed E-state index contributed by atoms with van der Waals surface area (Å²) >= 11 is 0. The van der Waals surface area contributed by atoms with Crippen molar-refractivity contribution in [3.8, 4) is 0 Å². The summed E-state index contributed by atoms with van der Waals surface area (Å²) in [5.74, 6) is 0.235. The molecular weight excluding hydrogens is 310 g/mol. The van der Waals surface area contributed by atoms with Crippen molar-refractivity contribution >= 4 is 22.4 Å². The lowest BCUT2D eigenvalue weighted by atomic mass is 9.88. The van der Waals surface area contributed by atoms with Gasteiger partial charge in [0.25, 0.3) is 0 Å². The van der Waals surface area contributed by atoms with E-state index in [2.05, 4.69) is 27.8 Å². The molecule has 0 radical (unpaired) electrons. The minimum atomic E-state index is -0.0551. The number of carbonyl (C=O) groups is 1. The van der Waals surface area contributed by atoms with Gasteiger partial charge < -0.3 is 10.6 Å². The second-order valence-corrected chi connectivity index (χ2v) is 6.21. The minimum absolute atomic E-state index is 0. The second-order valence-electron chi connectivity index (χ2n) is 6.21. The number of pyridine rings is 1. The van der Waals surface area contributed by atoms with Gasteiger partial charge in [0.05, 0.1) is 5.92 Å². The fraction of sp³-hybridized carbons (Fsp3) is 0.238. The molecular formula is C21H23N3O. The number of aromatic nitrogens is 1. The summed E-state index contributed by atoms with van der Waals surface area (Å²) in [6, 6.07) is 18.1. The predicted molar refractivity (Wildman–Crippen MR) is 103 cm³/mol. The van der Waals surface area contributed by atoms with Crippen LogP contribution < -0.4 is 10.6 Å². The quantitative estimate of drug-likeness (QED) is 0.766. The van der Waals surface area contributed by atoms with E-state index in [9.17, 15) is 4.79 Å². The number of rotatable bonds is 3. The number of hydrogen-bond donors (Lipinski definition) is 2. The molecule has 0 saturated carbocycles. The van der Waals surface area contributed by atoms with E-state index in [1.807, 2.05) is 48.7 Å². The van der Waals surface area contributed by atoms with Crippen LogP contribution in [0.5, 0.6) is 0 Å². The van der Waals surface area contributed by atoms with Crippen molar-refractivity contribution in [3.05, 3.63) is 72.6 Å². The van der Waals surface area contributed by atoms with Gasteiger partial charge >= 0.3 is 0 Å². The van der Waals surface area contributed by atoms with E-state index >= 15 is 0 Å². The Kier molecular flexibility index (Phi) is 5.10. The van der Waals surface area contributed by atoms with Crippen LogP contribution in [-0.4, -0.2) is 24.0 Å². The lowest BCUT2D eigenvalue weighted by Crippen LogP contribution is -2.28. The number of hydrogen-bond acceptors (Lipinski definition) is 3. The lowest BCUT2D eigenvalue weighted by Gasteiger charge is -2.18. The minimum Gasteiger partial charge on any atom is -0.326 e. The fourth-order valence-corrected chi connectivity index (χ4v) is 3.40. The van der Waals surface area contributed by atoms with Gasteiger partial charge in [-0.3, -0.25) is 9.78 Å². The number of fused-ring (bicyclic) bond motifs is 1. The van der Waals surface area contributed by atoms with Crippen molar-refractivity contribution < 1.29 is 4.79 Å². The monoisotopic (exact) mass is 333 g/mol. The summed E-state index contributed by atoms with van der Waals surface area (Å²) in [6.07, 6.45) is 3.59. The highest BCUT2D eigenvalue weighted by Crippen LogP contribution is 2.29. The van der Waals surface area contributed by atoms with Crippen molar-refractivity contribution in [1.82, 2.24) is 10.3 Å². The molecule has 25 heavy (non-hydrogen) atoms. The topological polar surface area (TPSA) is 54.0 Å².